The number of amides is 1. The van der Waals surface area contributed by atoms with Gasteiger partial charge < -0.3 is 11.1 Å². The Morgan fingerprint density at radius 2 is 1.89 bits per heavy atom. The minimum absolute atomic E-state index is 0.00617. The predicted molar refractivity (Wildman–Crippen MR) is 76.2 cm³/mol. The van der Waals surface area contributed by atoms with E-state index in [9.17, 15) is 4.79 Å². The molecule has 1 amide bonds. The summed E-state index contributed by atoms with van der Waals surface area (Å²) in [6.45, 7) is 10.8. The molecule has 3 nitrogen and oxygen atoms in total. The third-order valence-electron chi connectivity index (χ3n) is 5.15. The Bertz CT molecular complexity index is 284. The van der Waals surface area contributed by atoms with Crippen LogP contribution >= 0.6 is 0 Å². The van der Waals surface area contributed by atoms with Crippen LogP contribution in [0.5, 0.6) is 0 Å². The van der Waals surface area contributed by atoms with E-state index in [0.717, 1.165) is 25.7 Å². The number of rotatable bonds is 4. The fourth-order valence-corrected chi connectivity index (χ4v) is 3.11. The first-order valence-electron chi connectivity index (χ1n) is 7.40. The Morgan fingerprint density at radius 1 is 1.33 bits per heavy atom. The van der Waals surface area contributed by atoms with Gasteiger partial charge in [-0.25, -0.2) is 0 Å². The van der Waals surface area contributed by atoms with Crippen LogP contribution in [0, 0.1) is 17.3 Å². The molecule has 1 rings (SSSR count). The highest BCUT2D eigenvalue weighted by Crippen LogP contribution is 2.44. The molecule has 3 atom stereocenters. The smallest absolute Gasteiger partial charge is 0.223 e. The van der Waals surface area contributed by atoms with Crippen LogP contribution in [0.4, 0.5) is 0 Å². The van der Waals surface area contributed by atoms with E-state index >= 15 is 0 Å². The second-order valence-electron chi connectivity index (χ2n) is 6.43. The summed E-state index contributed by atoms with van der Waals surface area (Å²) in [4.78, 5) is 12.4. The molecule has 3 heteroatoms. The van der Waals surface area contributed by atoms with Crippen molar-refractivity contribution < 1.29 is 4.79 Å². The van der Waals surface area contributed by atoms with Crippen molar-refractivity contribution in [3.05, 3.63) is 0 Å². The van der Waals surface area contributed by atoms with Crippen molar-refractivity contribution in [3.63, 3.8) is 0 Å². The quantitative estimate of drug-likeness (QED) is 0.810. The number of carbonyl (C=O) groups excluding carboxylic acids is 1. The molecule has 0 bridgehead atoms. The van der Waals surface area contributed by atoms with Gasteiger partial charge in [0.25, 0.3) is 0 Å². The van der Waals surface area contributed by atoms with Gasteiger partial charge in [-0.3, -0.25) is 4.79 Å². The Kier molecular flexibility index (Phi) is 5.20. The van der Waals surface area contributed by atoms with Gasteiger partial charge in [0.2, 0.25) is 5.91 Å². The highest BCUT2D eigenvalue weighted by Gasteiger charge is 2.45. The Morgan fingerprint density at radius 3 is 2.39 bits per heavy atom. The first kappa shape index (κ1) is 15.5. The number of nitrogens with two attached hydrogens (primary N) is 1. The molecule has 0 aliphatic heterocycles. The summed E-state index contributed by atoms with van der Waals surface area (Å²) in [5.41, 5.74) is 6.13. The molecule has 0 heterocycles. The van der Waals surface area contributed by atoms with E-state index in [1.165, 1.54) is 0 Å². The van der Waals surface area contributed by atoms with Gasteiger partial charge in [-0.15, -0.1) is 0 Å². The maximum atomic E-state index is 12.4. The molecule has 3 unspecified atom stereocenters. The zero-order valence-corrected chi connectivity index (χ0v) is 12.6. The monoisotopic (exact) mass is 254 g/mol. The lowest BCUT2D eigenvalue weighted by atomic mass is 9.61. The molecule has 0 radical (unpaired) electrons. The average Bonchev–Trinajstić information content (AvgIpc) is 2.32. The fourth-order valence-electron chi connectivity index (χ4n) is 3.11. The van der Waals surface area contributed by atoms with Crippen molar-refractivity contribution in [1.29, 1.82) is 0 Å². The van der Waals surface area contributed by atoms with Crippen molar-refractivity contribution >= 4 is 5.91 Å². The molecule has 106 valence electrons. The van der Waals surface area contributed by atoms with Crippen LogP contribution < -0.4 is 11.1 Å². The molecular formula is C15H30N2O. The van der Waals surface area contributed by atoms with E-state index in [0.29, 0.717) is 12.0 Å². The summed E-state index contributed by atoms with van der Waals surface area (Å²) in [5, 5.41) is 3.20. The predicted octanol–water partition coefficient (Wildman–Crippen LogP) is 2.69. The molecule has 1 saturated carbocycles. The van der Waals surface area contributed by atoms with E-state index < -0.39 is 0 Å². The third-order valence-corrected chi connectivity index (χ3v) is 5.15. The molecule has 18 heavy (non-hydrogen) atoms. The topological polar surface area (TPSA) is 55.1 Å². The van der Waals surface area contributed by atoms with Gasteiger partial charge >= 0.3 is 0 Å². The fraction of sp³-hybridized carbons (Fsp3) is 0.933. The van der Waals surface area contributed by atoms with Gasteiger partial charge in [-0.05, 0) is 37.0 Å². The highest BCUT2D eigenvalue weighted by molar-refractivity contribution is 5.80. The normalized spacial score (nSPS) is 31.4. The minimum Gasteiger partial charge on any atom is -0.353 e. The van der Waals surface area contributed by atoms with Crippen LogP contribution in [0.3, 0.4) is 0 Å². The summed E-state index contributed by atoms with van der Waals surface area (Å²) in [5.74, 6) is 0.726. The summed E-state index contributed by atoms with van der Waals surface area (Å²) < 4.78 is 0. The number of carbonyl (C=O) groups is 1. The standard InChI is InChI=1S/C15H30N2O/c1-6-11(7-2)17-14(18)12-8-9-13(16)10(3)15(12,4)5/h10-13H,6-9,16H2,1-5H3,(H,17,18). The van der Waals surface area contributed by atoms with Crippen LogP contribution in [0.2, 0.25) is 0 Å². The molecule has 0 aromatic carbocycles. The number of nitrogens with one attached hydrogen (secondary N) is 1. The van der Waals surface area contributed by atoms with Gasteiger partial charge in [-0.1, -0.05) is 34.6 Å². The van der Waals surface area contributed by atoms with Gasteiger partial charge in [0.15, 0.2) is 0 Å². The number of hydrogen-bond donors (Lipinski definition) is 2. The van der Waals surface area contributed by atoms with Gasteiger partial charge in [0.1, 0.15) is 0 Å². The average molecular weight is 254 g/mol. The van der Waals surface area contributed by atoms with Gasteiger partial charge in [-0.2, -0.15) is 0 Å². The van der Waals surface area contributed by atoms with E-state index in [2.05, 4.69) is 39.9 Å². The lowest BCUT2D eigenvalue weighted by Crippen LogP contribution is -2.52. The zero-order valence-electron chi connectivity index (χ0n) is 12.6. The molecule has 0 aromatic rings. The molecular weight excluding hydrogens is 224 g/mol. The molecule has 3 N–H and O–H groups in total. The summed E-state index contributed by atoms with van der Waals surface area (Å²) in [6, 6.07) is 0.552. The van der Waals surface area contributed by atoms with Gasteiger partial charge in [0, 0.05) is 18.0 Å². The Balaban J connectivity index is 2.73. The molecule has 1 fully saturated rings. The highest BCUT2D eigenvalue weighted by atomic mass is 16.2. The van der Waals surface area contributed by atoms with E-state index in [4.69, 9.17) is 5.73 Å². The van der Waals surface area contributed by atoms with Crippen molar-refractivity contribution in [2.24, 2.45) is 23.0 Å². The summed E-state index contributed by atoms with van der Waals surface area (Å²) in [7, 11) is 0. The molecule has 1 aliphatic rings. The Hall–Kier alpha value is -0.570. The van der Waals surface area contributed by atoms with Crippen molar-refractivity contribution in [1.82, 2.24) is 5.32 Å². The molecule has 0 aromatic heterocycles. The van der Waals surface area contributed by atoms with Crippen LogP contribution in [-0.2, 0) is 4.79 Å². The maximum Gasteiger partial charge on any atom is 0.223 e. The lowest BCUT2D eigenvalue weighted by molar-refractivity contribution is -0.133. The van der Waals surface area contributed by atoms with Crippen LogP contribution in [-0.4, -0.2) is 18.0 Å². The molecule has 0 spiro atoms. The van der Waals surface area contributed by atoms with Crippen LogP contribution in [0.25, 0.3) is 0 Å². The largest absolute Gasteiger partial charge is 0.353 e. The van der Waals surface area contributed by atoms with Crippen molar-refractivity contribution in [2.45, 2.75) is 72.4 Å². The first-order chi connectivity index (χ1) is 8.34. The van der Waals surface area contributed by atoms with Gasteiger partial charge in [0.05, 0.1) is 0 Å². The van der Waals surface area contributed by atoms with Crippen LogP contribution in [0.15, 0.2) is 0 Å². The second-order valence-corrected chi connectivity index (χ2v) is 6.43. The van der Waals surface area contributed by atoms with Crippen molar-refractivity contribution in [3.8, 4) is 0 Å². The van der Waals surface area contributed by atoms with Crippen LogP contribution in [0.1, 0.15) is 60.3 Å². The third kappa shape index (κ3) is 3.05. The maximum absolute atomic E-state index is 12.4. The first-order valence-corrected chi connectivity index (χ1v) is 7.40. The van der Waals surface area contributed by atoms with E-state index in [1.807, 2.05) is 0 Å². The zero-order chi connectivity index (χ0) is 13.9. The summed E-state index contributed by atoms with van der Waals surface area (Å²) in [6.07, 6.45) is 3.89. The SMILES string of the molecule is CCC(CC)NC(=O)C1CCC(N)C(C)C1(C)C. The molecule has 1 aliphatic carbocycles. The lowest BCUT2D eigenvalue weighted by Gasteiger charge is -2.46. The van der Waals surface area contributed by atoms with E-state index in [1.54, 1.807) is 0 Å². The van der Waals surface area contributed by atoms with E-state index in [-0.39, 0.29) is 23.3 Å². The Labute approximate surface area is 112 Å². The summed E-state index contributed by atoms with van der Waals surface area (Å²) >= 11 is 0. The minimum atomic E-state index is -0.00617. The second kappa shape index (κ2) is 6.05. The molecule has 0 saturated heterocycles. The number of hydrogen-bond acceptors (Lipinski definition) is 2. The van der Waals surface area contributed by atoms with Crippen molar-refractivity contribution in [2.75, 3.05) is 0 Å².